The van der Waals surface area contributed by atoms with Gasteiger partial charge in [0.2, 0.25) is 0 Å². The lowest BCUT2D eigenvalue weighted by Crippen LogP contribution is -2.42. The summed E-state index contributed by atoms with van der Waals surface area (Å²) in [6.07, 6.45) is 5.79. The van der Waals surface area contributed by atoms with Crippen molar-refractivity contribution < 1.29 is 9.50 Å². The van der Waals surface area contributed by atoms with Gasteiger partial charge in [-0.2, -0.15) is 0 Å². The van der Waals surface area contributed by atoms with Crippen LogP contribution < -0.4 is 10.6 Å². The smallest absolute Gasteiger partial charge is 0.191 e. The van der Waals surface area contributed by atoms with Gasteiger partial charge in [0.25, 0.3) is 0 Å². The Morgan fingerprint density at radius 3 is 2.44 bits per heavy atom. The van der Waals surface area contributed by atoms with E-state index in [0.717, 1.165) is 50.6 Å². The van der Waals surface area contributed by atoms with E-state index >= 15 is 0 Å². The predicted molar refractivity (Wildman–Crippen MR) is 110 cm³/mol. The Balaban J connectivity index is 0.00000225. The number of hydrogen-bond donors (Lipinski definition) is 3. The molecule has 3 N–H and O–H groups in total. The molecule has 3 rings (SSSR count). The highest BCUT2D eigenvalue weighted by Crippen LogP contribution is 2.48. The number of rotatable bonds is 6. The SMILES string of the molecule is CCNC(=NCC1(O)CCCC1)NCC1(c2ccccc2F)CC1.I. The first-order chi connectivity index (χ1) is 11.6. The molecule has 1 aromatic carbocycles. The van der Waals surface area contributed by atoms with E-state index in [1.54, 1.807) is 6.07 Å². The maximum Gasteiger partial charge on any atom is 0.191 e. The number of benzene rings is 1. The highest BCUT2D eigenvalue weighted by molar-refractivity contribution is 14.0. The van der Waals surface area contributed by atoms with Crippen molar-refractivity contribution in [2.24, 2.45) is 4.99 Å². The largest absolute Gasteiger partial charge is 0.388 e. The van der Waals surface area contributed by atoms with E-state index < -0.39 is 5.60 Å². The van der Waals surface area contributed by atoms with Crippen molar-refractivity contribution in [2.75, 3.05) is 19.6 Å². The van der Waals surface area contributed by atoms with Gasteiger partial charge in [0, 0.05) is 18.5 Å². The fraction of sp³-hybridized carbons (Fsp3) is 0.632. The monoisotopic (exact) mass is 461 g/mol. The summed E-state index contributed by atoms with van der Waals surface area (Å²) in [7, 11) is 0. The average molecular weight is 461 g/mol. The van der Waals surface area contributed by atoms with Gasteiger partial charge in [-0.25, -0.2) is 4.39 Å². The number of halogens is 2. The number of guanidine groups is 1. The number of nitrogens with zero attached hydrogens (tertiary/aromatic N) is 1. The molecular formula is C19H29FIN3O. The first-order valence-corrected chi connectivity index (χ1v) is 9.07. The molecule has 0 spiro atoms. The highest BCUT2D eigenvalue weighted by Gasteiger charge is 2.45. The van der Waals surface area contributed by atoms with Crippen molar-refractivity contribution >= 4 is 29.9 Å². The van der Waals surface area contributed by atoms with E-state index in [-0.39, 0.29) is 35.2 Å². The van der Waals surface area contributed by atoms with Crippen LogP contribution in [0.1, 0.15) is 51.0 Å². The van der Waals surface area contributed by atoms with E-state index in [1.165, 1.54) is 6.07 Å². The molecule has 140 valence electrons. The predicted octanol–water partition coefficient (Wildman–Crippen LogP) is 3.34. The van der Waals surface area contributed by atoms with E-state index in [9.17, 15) is 9.50 Å². The lowest BCUT2D eigenvalue weighted by Gasteiger charge is -2.22. The molecule has 0 aromatic heterocycles. The van der Waals surface area contributed by atoms with Crippen LogP contribution in [-0.2, 0) is 5.41 Å². The molecule has 0 aliphatic heterocycles. The molecule has 0 saturated heterocycles. The van der Waals surface area contributed by atoms with E-state index in [0.29, 0.717) is 19.0 Å². The maximum absolute atomic E-state index is 14.1. The highest BCUT2D eigenvalue weighted by atomic mass is 127. The van der Waals surface area contributed by atoms with Crippen molar-refractivity contribution in [1.82, 2.24) is 10.6 Å². The molecule has 0 heterocycles. The van der Waals surface area contributed by atoms with Gasteiger partial charge in [0.1, 0.15) is 5.82 Å². The molecule has 2 fully saturated rings. The number of aliphatic imine (C=N–C) groups is 1. The quantitative estimate of drug-likeness (QED) is 0.346. The fourth-order valence-corrected chi connectivity index (χ4v) is 3.60. The Hall–Kier alpha value is -0.890. The Labute approximate surface area is 166 Å². The zero-order valence-corrected chi connectivity index (χ0v) is 17.2. The van der Waals surface area contributed by atoms with Crippen LogP contribution in [0.4, 0.5) is 4.39 Å². The minimum absolute atomic E-state index is 0. The molecule has 0 bridgehead atoms. The molecule has 6 heteroatoms. The first-order valence-electron chi connectivity index (χ1n) is 9.07. The third-order valence-electron chi connectivity index (χ3n) is 5.30. The first kappa shape index (κ1) is 20.4. The zero-order chi connectivity index (χ0) is 17.0. The molecule has 4 nitrogen and oxygen atoms in total. The number of nitrogens with one attached hydrogen (secondary N) is 2. The summed E-state index contributed by atoms with van der Waals surface area (Å²) in [6, 6.07) is 7.04. The molecule has 2 aliphatic carbocycles. The summed E-state index contributed by atoms with van der Waals surface area (Å²) in [5.74, 6) is 0.583. The van der Waals surface area contributed by atoms with Crippen molar-refractivity contribution in [3.8, 4) is 0 Å². The Bertz CT molecular complexity index is 598. The minimum Gasteiger partial charge on any atom is -0.388 e. The normalized spacial score (nSPS) is 20.7. The van der Waals surface area contributed by atoms with Gasteiger partial charge < -0.3 is 15.7 Å². The third-order valence-corrected chi connectivity index (χ3v) is 5.30. The van der Waals surface area contributed by atoms with Gasteiger partial charge in [0.05, 0.1) is 12.1 Å². The summed E-state index contributed by atoms with van der Waals surface area (Å²) >= 11 is 0. The van der Waals surface area contributed by atoms with Gasteiger partial charge in [-0.05, 0) is 44.2 Å². The standard InChI is InChI=1S/C19H28FN3O.HI/c1-2-21-17(23-14-19(24)9-5-6-10-19)22-13-18(11-12-18)15-7-3-4-8-16(15)20;/h3-4,7-8,24H,2,5-6,9-14H2,1H3,(H2,21,22,23);1H. The Morgan fingerprint density at radius 1 is 1.16 bits per heavy atom. The second-order valence-corrected chi connectivity index (χ2v) is 7.24. The summed E-state index contributed by atoms with van der Waals surface area (Å²) in [5.41, 5.74) is 0.0273. The van der Waals surface area contributed by atoms with Crippen LogP contribution in [0.5, 0.6) is 0 Å². The molecule has 0 unspecified atom stereocenters. The van der Waals surface area contributed by atoms with Crippen LogP contribution in [0.3, 0.4) is 0 Å². The second kappa shape index (κ2) is 8.66. The molecule has 2 saturated carbocycles. The van der Waals surface area contributed by atoms with Gasteiger partial charge >= 0.3 is 0 Å². The second-order valence-electron chi connectivity index (χ2n) is 7.24. The van der Waals surface area contributed by atoms with Crippen molar-refractivity contribution in [2.45, 2.75) is 56.5 Å². The minimum atomic E-state index is -0.648. The van der Waals surface area contributed by atoms with Crippen LogP contribution in [0, 0.1) is 5.82 Å². The third kappa shape index (κ3) is 5.06. The molecule has 1 aromatic rings. The summed E-state index contributed by atoms with van der Waals surface area (Å²) in [6.45, 7) is 3.87. The molecule has 2 aliphatic rings. The fourth-order valence-electron chi connectivity index (χ4n) is 3.60. The van der Waals surface area contributed by atoms with E-state index in [4.69, 9.17) is 0 Å². The van der Waals surface area contributed by atoms with Gasteiger partial charge in [-0.15, -0.1) is 24.0 Å². The zero-order valence-electron chi connectivity index (χ0n) is 14.9. The number of aliphatic hydroxyl groups is 1. The molecular weight excluding hydrogens is 432 g/mol. The number of hydrogen-bond acceptors (Lipinski definition) is 2. The van der Waals surface area contributed by atoms with E-state index in [2.05, 4.69) is 15.6 Å². The topological polar surface area (TPSA) is 56.7 Å². The van der Waals surface area contributed by atoms with Crippen LogP contribution in [0.15, 0.2) is 29.3 Å². The molecule has 25 heavy (non-hydrogen) atoms. The summed E-state index contributed by atoms with van der Waals surface area (Å²) < 4.78 is 14.1. The molecule has 0 amide bonds. The molecule has 0 radical (unpaired) electrons. The van der Waals surface area contributed by atoms with Gasteiger partial charge in [-0.1, -0.05) is 31.0 Å². The van der Waals surface area contributed by atoms with Crippen LogP contribution in [-0.4, -0.2) is 36.3 Å². The average Bonchev–Trinajstić information content (AvgIpc) is 3.24. The Kier molecular flexibility index (Phi) is 7.08. The van der Waals surface area contributed by atoms with Crippen LogP contribution in [0.2, 0.25) is 0 Å². The lowest BCUT2D eigenvalue weighted by molar-refractivity contribution is 0.0574. The van der Waals surface area contributed by atoms with Gasteiger partial charge in [0.15, 0.2) is 5.96 Å². The summed E-state index contributed by atoms with van der Waals surface area (Å²) in [4.78, 5) is 4.56. The van der Waals surface area contributed by atoms with Crippen molar-refractivity contribution in [3.63, 3.8) is 0 Å². The summed E-state index contributed by atoms with van der Waals surface area (Å²) in [5, 5.41) is 17.0. The lowest BCUT2D eigenvalue weighted by atomic mass is 9.95. The van der Waals surface area contributed by atoms with Crippen molar-refractivity contribution in [1.29, 1.82) is 0 Å². The van der Waals surface area contributed by atoms with Crippen LogP contribution >= 0.6 is 24.0 Å². The molecule has 0 atom stereocenters. The van der Waals surface area contributed by atoms with Crippen LogP contribution in [0.25, 0.3) is 0 Å². The maximum atomic E-state index is 14.1. The van der Waals surface area contributed by atoms with E-state index in [1.807, 2.05) is 19.1 Å². The van der Waals surface area contributed by atoms with Gasteiger partial charge in [-0.3, -0.25) is 4.99 Å². The van der Waals surface area contributed by atoms with Crippen molar-refractivity contribution in [3.05, 3.63) is 35.6 Å². The Morgan fingerprint density at radius 2 is 1.84 bits per heavy atom.